The van der Waals surface area contributed by atoms with E-state index < -0.39 is 0 Å². The predicted molar refractivity (Wildman–Crippen MR) is 121 cm³/mol. The van der Waals surface area contributed by atoms with Crippen LogP contribution in [0.25, 0.3) is 0 Å². The Morgan fingerprint density at radius 3 is 2.36 bits per heavy atom. The fourth-order valence-corrected chi connectivity index (χ4v) is 6.71. The van der Waals surface area contributed by atoms with E-state index in [4.69, 9.17) is 0 Å². The van der Waals surface area contributed by atoms with Crippen molar-refractivity contribution in [3.05, 3.63) is 71.3 Å². The van der Waals surface area contributed by atoms with Gasteiger partial charge in [-0.05, 0) is 47.6 Å². The van der Waals surface area contributed by atoms with Crippen LogP contribution in [0.1, 0.15) is 38.9 Å². The number of nitrogens with zero attached hydrogens (tertiary/aromatic N) is 2. The molecule has 2 saturated heterocycles. The van der Waals surface area contributed by atoms with Gasteiger partial charge in [0.25, 0.3) is 5.91 Å². The lowest BCUT2D eigenvalue weighted by Crippen LogP contribution is -2.35. The van der Waals surface area contributed by atoms with Gasteiger partial charge in [-0.25, -0.2) is 0 Å². The summed E-state index contributed by atoms with van der Waals surface area (Å²) in [6.07, 6.45) is 2.34. The average molecular weight is 413 g/mol. The van der Waals surface area contributed by atoms with Crippen LogP contribution in [0.3, 0.4) is 0 Å². The van der Waals surface area contributed by atoms with Crippen molar-refractivity contribution in [2.24, 2.45) is 0 Å². The molecule has 4 rings (SSSR count). The van der Waals surface area contributed by atoms with Crippen molar-refractivity contribution in [3.8, 4) is 0 Å². The molecule has 2 aromatic rings. The van der Waals surface area contributed by atoms with Crippen LogP contribution in [0.4, 0.5) is 0 Å². The molecular weight excluding hydrogens is 384 g/mol. The molecule has 0 spiro atoms. The van der Waals surface area contributed by atoms with Crippen LogP contribution in [0.2, 0.25) is 0 Å². The minimum atomic E-state index is 0.178. The molecule has 0 unspecified atom stereocenters. The van der Waals surface area contributed by atoms with Crippen LogP contribution in [-0.4, -0.2) is 53.4 Å². The molecule has 2 aliphatic heterocycles. The second kappa shape index (κ2) is 9.86. The molecule has 2 aliphatic rings. The average Bonchev–Trinajstić information content (AvgIpc) is 3.00. The maximum Gasteiger partial charge on any atom is 0.253 e. The number of carbonyl (C=O) groups is 1. The van der Waals surface area contributed by atoms with Gasteiger partial charge in [0.2, 0.25) is 0 Å². The van der Waals surface area contributed by atoms with Crippen LogP contribution in [0.5, 0.6) is 0 Å². The molecule has 148 valence electrons. The standard InChI is InChI=1S/C23H28N2OS2/c26-22(20-8-10-21(11-9-20)23-27-16-5-17-28-23)25-13-4-12-24(14-15-25)18-19-6-2-1-3-7-19/h1-3,6-11,23H,4-5,12-18H2. The van der Waals surface area contributed by atoms with E-state index in [0.717, 1.165) is 44.7 Å². The molecule has 0 N–H and O–H groups in total. The molecular formula is C23H28N2OS2. The minimum absolute atomic E-state index is 0.178. The Morgan fingerprint density at radius 2 is 1.61 bits per heavy atom. The molecule has 2 aromatic carbocycles. The highest BCUT2D eigenvalue weighted by Gasteiger charge is 2.21. The van der Waals surface area contributed by atoms with Crippen LogP contribution < -0.4 is 0 Å². The van der Waals surface area contributed by atoms with E-state index >= 15 is 0 Å². The lowest BCUT2D eigenvalue weighted by atomic mass is 10.1. The Kier molecular flexibility index (Phi) is 7.00. The highest BCUT2D eigenvalue weighted by atomic mass is 32.2. The first kappa shape index (κ1) is 19.9. The van der Waals surface area contributed by atoms with Crippen LogP contribution in [0.15, 0.2) is 54.6 Å². The quantitative estimate of drug-likeness (QED) is 0.712. The number of rotatable bonds is 4. The van der Waals surface area contributed by atoms with Crippen LogP contribution in [-0.2, 0) is 6.54 Å². The summed E-state index contributed by atoms with van der Waals surface area (Å²) in [7, 11) is 0. The molecule has 0 atom stereocenters. The monoisotopic (exact) mass is 412 g/mol. The summed E-state index contributed by atoms with van der Waals surface area (Å²) in [5, 5.41) is 0. The Morgan fingerprint density at radius 1 is 0.857 bits per heavy atom. The van der Waals surface area contributed by atoms with E-state index in [0.29, 0.717) is 4.58 Å². The van der Waals surface area contributed by atoms with Gasteiger partial charge >= 0.3 is 0 Å². The minimum Gasteiger partial charge on any atom is -0.337 e. The fourth-order valence-electron chi connectivity index (χ4n) is 3.82. The summed E-state index contributed by atoms with van der Waals surface area (Å²) < 4.78 is 0.530. The van der Waals surface area contributed by atoms with Gasteiger partial charge < -0.3 is 4.90 Å². The molecule has 0 aromatic heterocycles. The number of carbonyl (C=O) groups excluding carboxylic acids is 1. The molecule has 0 radical (unpaired) electrons. The normalized spacial score (nSPS) is 19.4. The lowest BCUT2D eigenvalue weighted by molar-refractivity contribution is 0.0761. The second-order valence-corrected chi connectivity index (χ2v) is 10.2. The highest BCUT2D eigenvalue weighted by molar-refractivity contribution is 8.16. The summed E-state index contributed by atoms with van der Waals surface area (Å²) >= 11 is 4.05. The van der Waals surface area contributed by atoms with Crippen molar-refractivity contribution < 1.29 is 4.79 Å². The van der Waals surface area contributed by atoms with Gasteiger partial charge in [0.15, 0.2) is 0 Å². The number of thioether (sulfide) groups is 2. The van der Waals surface area contributed by atoms with Crippen LogP contribution >= 0.6 is 23.5 Å². The lowest BCUT2D eigenvalue weighted by Gasteiger charge is -2.23. The Balaban J connectivity index is 1.34. The maximum absolute atomic E-state index is 13.0. The van der Waals surface area contributed by atoms with Crippen molar-refractivity contribution in [3.63, 3.8) is 0 Å². The molecule has 0 aliphatic carbocycles. The fraction of sp³-hybridized carbons (Fsp3) is 0.435. The zero-order valence-corrected chi connectivity index (χ0v) is 17.9. The predicted octanol–water partition coefficient (Wildman–Crippen LogP) is 4.90. The number of hydrogen-bond donors (Lipinski definition) is 0. The van der Waals surface area contributed by atoms with E-state index in [1.807, 2.05) is 40.6 Å². The van der Waals surface area contributed by atoms with E-state index in [1.54, 1.807) is 0 Å². The molecule has 28 heavy (non-hydrogen) atoms. The zero-order valence-electron chi connectivity index (χ0n) is 16.3. The van der Waals surface area contributed by atoms with Gasteiger partial charge in [-0.15, -0.1) is 23.5 Å². The van der Waals surface area contributed by atoms with Crippen molar-refractivity contribution in [2.75, 3.05) is 37.7 Å². The molecule has 3 nitrogen and oxygen atoms in total. The third kappa shape index (κ3) is 5.13. The summed E-state index contributed by atoms with van der Waals surface area (Å²) in [5.41, 5.74) is 3.51. The largest absolute Gasteiger partial charge is 0.337 e. The molecule has 2 fully saturated rings. The third-order valence-corrected chi connectivity index (χ3v) is 8.40. The van der Waals surface area contributed by atoms with Gasteiger partial charge in [0.05, 0.1) is 4.58 Å². The smallest absolute Gasteiger partial charge is 0.253 e. The molecule has 2 heterocycles. The summed E-state index contributed by atoms with van der Waals surface area (Å²) in [4.78, 5) is 17.5. The van der Waals surface area contributed by atoms with Crippen LogP contribution in [0, 0.1) is 0 Å². The summed E-state index contributed by atoms with van der Waals surface area (Å²) in [6, 6.07) is 19.0. The first-order chi connectivity index (χ1) is 13.8. The number of benzene rings is 2. The van der Waals surface area contributed by atoms with Gasteiger partial charge in [-0.3, -0.25) is 9.69 Å². The topological polar surface area (TPSA) is 23.6 Å². The number of amides is 1. The van der Waals surface area contributed by atoms with Gasteiger partial charge in [0, 0.05) is 38.3 Å². The molecule has 5 heteroatoms. The van der Waals surface area contributed by atoms with Crippen molar-refractivity contribution >= 4 is 29.4 Å². The van der Waals surface area contributed by atoms with E-state index in [9.17, 15) is 4.79 Å². The SMILES string of the molecule is O=C(c1ccc(C2SCCCS2)cc1)N1CCCN(Cc2ccccc2)CC1. The first-order valence-electron chi connectivity index (χ1n) is 10.2. The summed E-state index contributed by atoms with van der Waals surface area (Å²) in [6.45, 7) is 4.61. The van der Waals surface area contributed by atoms with Crippen molar-refractivity contribution in [2.45, 2.75) is 24.0 Å². The Bertz CT molecular complexity index is 760. The van der Waals surface area contributed by atoms with Gasteiger partial charge in [-0.2, -0.15) is 0 Å². The Labute approximate surface area is 176 Å². The highest BCUT2D eigenvalue weighted by Crippen LogP contribution is 2.43. The molecule has 0 saturated carbocycles. The van der Waals surface area contributed by atoms with Crippen molar-refractivity contribution in [1.82, 2.24) is 9.80 Å². The number of hydrogen-bond acceptors (Lipinski definition) is 4. The molecule has 0 bridgehead atoms. The molecule has 1 amide bonds. The second-order valence-electron chi connectivity index (χ2n) is 7.46. The maximum atomic E-state index is 13.0. The van der Waals surface area contributed by atoms with E-state index in [1.165, 1.54) is 29.1 Å². The zero-order chi connectivity index (χ0) is 19.2. The Hall–Kier alpha value is -1.43. The third-order valence-electron chi connectivity index (χ3n) is 5.38. The van der Waals surface area contributed by atoms with E-state index in [2.05, 4.69) is 47.4 Å². The van der Waals surface area contributed by atoms with Crippen molar-refractivity contribution in [1.29, 1.82) is 0 Å². The first-order valence-corrected chi connectivity index (χ1v) is 12.3. The summed E-state index contributed by atoms with van der Waals surface area (Å²) in [5.74, 6) is 2.66. The van der Waals surface area contributed by atoms with E-state index in [-0.39, 0.29) is 5.91 Å². The van der Waals surface area contributed by atoms with Gasteiger partial charge in [-0.1, -0.05) is 42.5 Å². The van der Waals surface area contributed by atoms with Gasteiger partial charge in [0.1, 0.15) is 0 Å².